The molecule has 2 aliphatic rings. The first-order valence-electron chi connectivity index (χ1n) is 3.49. The number of hydrogen-bond donors (Lipinski definition) is 2. The first-order chi connectivity index (χ1) is 3.81. The van der Waals surface area contributed by atoms with Crippen LogP contribution in [0.2, 0.25) is 0 Å². The van der Waals surface area contributed by atoms with Gasteiger partial charge in [0.1, 0.15) is 0 Å². The summed E-state index contributed by atoms with van der Waals surface area (Å²) in [5.41, 5.74) is 0.666. The number of aliphatic hydroxyl groups is 1. The van der Waals surface area contributed by atoms with Crippen molar-refractivity contribution in [1.82, 2.24) is 6.15 Å². The molecule has 2 nitrogen and oxygen atoms in total. The van der Waals surface area contributed by atoms with E-state index in [0.29, 0.717) is 5.41 Å². The molecular weight excluding hydrogens is 114 g/mol. The van der Waals surface area contributed by atoms with E-state index < -0.39 is 0 Å². The van der Waals surface area contributed by atoms with Crippen LogP contribution in [-0.4, -0.2) is 11.2 Å². The van der Waals surface area contributed by atoms with Crippen molar-refractivity contribution in [3.05, 3.63) is 0 Å². The van der Waals surface area contributed by atoms with Gasteiger partial charge in [-0.05, 0) is 31.1 Å². The van der Waals surface area contributed by atoms with Gasteiger partial charge in [0.25, 0.3) is 0 Å². The van der Waals surface area contributed by atoms with Crippen LogP contribution in [0.4, 0.5) is 0 Å². The van der Waals surface area contributed by atoms with Crippen LogP contribution in [0.25, 0.3) is 0 Å². The highest BCUT2D eigenvalue weighted by Gasteiger charge is 2.47. The molecule has 0 saturated heterocycles. The minimum atomic E-state index is 0. The summed E-state index contributed by atoms with van der Waals surface area (Å²) < 4.78 is 0. The van der Waals surface area contributed by atoms with Gasteiger partial charge in [-0.25, -0.2) is 0 Å². The molecule has 9 heavy (non-hydrogen) atoms. The normalized spacial score (nSPS) is 30.3. The molecule has 0 aromatic heterocycles. The fourth-order valence-corrected chi connectivity index (χ4v) is 2.02. The minimum Gasteiger partial charge on any atom is -0.393 e. The topological polar surface area (TPSA) is 55.2 Å². The van der Waals surface area contributed by atoms with E-state index in [-0.39, 0.29) is 12.3 Å². The molecule has 0 amide bonds. The smallest absolute Gasteiger partial charge is 0.0550 e. The molecular formula is C7H15NO. The van der Waals surface area contributed by atoms with E-state index in [4.69, 9.17) is 5.11 Å². The Morgan fingerprint density at radius 1 is 1.22 bits per heavy atom. The summed E-state index contributed by atoms with van der Waals surface area (Å²) in [4.78, 5) is 0. The lowest BCUT2D eigenvalue weighted by Crippen LogP contribution is -2.45. The van der Waals surface area contributed by atoms with Crippen LogP contribution in [-0.2, 0) is 0 Å². The molecule has 0 unspecified atom stereocenters. The highest BCUT2D eigenvalue weighted by Crippen LogP contribution is 2.55. The van der Waals surface area contributed by atoms with E-state index in [2.05, 4.69) is 0 Å². The molecule has 0 aliphatic heterocycles. The Morgan fingerprint density at radius 2 is 1.78 bits per heavy atom. The Bertz CT molecular complexity index is 101. The van der Waals surface area contributed by atoms with Crippen LogP contribution in [0, 0.1) is 5.41 Å². The van der Waals surface area contributed by atoms with E-state index in [9.17, 15) is 0 Å². The van der Waals surface area contributed by atoms with Crippen molar-refractivity contribution >= 4 is 0 Å². The van der Waals surface area contributed by atoms with Gasteiger partial charge in [0, 0.05) is 0 Å². The molecule has 54 valence electrons. The maximum absolute atomic E-state index is 8.95. The predicted molar refractivity (Wildman–Crippen MR) is 36.5 cm³/mol. The summed E-state index contributed by atoms with van der Waals surface area (Å²) in [7, 11) is 0. The summed E-state index contributed by atoms with van der Waals surface area (Å²) in [6, 6.07) is 0. The Kier molecular flexibility index (Phi) is 1.53. The SMILES string of the molecule is N.OC1CC2(CCC2)C1. The molecule has 2 rings (SSSR count). The zero-order chi connectivity index (χ0) is 5.61. The second kappa shape index (κ2) is 1.96. The molecule has 0 aromatic carbocycles. The quantitative estimate of drug-likeness (QED) is 0.520. The third-order valence-electron chi connectivity index (χ3n) is 2.75. The molecule has 0 aromatic rings. The van der Waals surface area contributed by atoms with E-state index in [1.54, 1.807) is 0 Å². The zero-order valence-electron chi connectivity index (χ0n) is 5.77. The average molecular weight is 129 g/mol. The van der Waals surface area contributed by atoms with Gasteiger partial charge in [-0.2, -0.15) is 0 Å². The van der Waals surface area contributed by atoms with Crippen LogP contribution < -0.4 is 6.15 Å². The molecule has 0 heterocycles. The lowest BCUT2D eigenvalue weighted by atomic mass is 9.55. The Labute approximate surface area is 55.8 Å². The zero-order valence-corrected chi connectivity index (χ0v) is 5.77. The Hall–Kier alpha value is -0.0800. The molecule has 0 radical (unpaired) electrons. The standard InChI is InChI=1S/C7H12O.H3N/c8-6-4-7(5-6)2-1-3-7;/h6,8H,1-5H2;1H3. The number of aliphatic hydroxyl groups excluding tert-OH is 1. The van der Waals surface area contributed by atoms with E-state index >= 15 is 0 Å². The van der Waals surface area contributed by atoms with Crippen molar-refractivity contribution in [1.29, 1.82) is 0 Å². The molecule has 2 fully saturated rings. The molecule has 0 atom stereocenters. The van der Waals surface area contributed by atoms with Crippen LogP contribution in [0.15, 0.2) is 0 Å². The maximum atomic E-state index is 8.95. The van der Waals surface area contributed by atoms with Gasteiger partial charge in [0.2, 0.25) is 0 Å². The molecule has 1 spiro atoms. The molecule has 2 saturated carbocycles. The fraction of sp³-hybridized carbons (Fsp3) is 1.00. The highest BCUT2D eigenvalue weighted by atomic mass is 16.3. The van der Waals surface area contributed by atoms with Crippen molar-refractivity contribution in [3.8, 4) is 0 Å². The first kappa shape index (κ1) is 7.03. The van der Waals surface area contributed by atoms with Gasteiger partial charge in [-0.15, -0.1) is 0 Å². The Balaban J connectivity index is 0.000000405. The lowest BCUT2D eigenvalue weighted by molar-refractivity contribution is -0.0811. The molecule has 2 aliphatic carbocycles. The average Bonchev–Trinajstić information content (AvgIpc) is 1.51. The van der Waals surface area contributed by atoms with Crippen molar-refractivity contribution in [2.45, 2.75) is 38.2 Å². The van der Waals surface area contributed by atoms with Gasteiger partial charge in [-0.1, -0.05) is 6.42 Å². The second-order valence-corrected chi connectivity index (χ2v) is 3.42. The van der Waals surface area contributed by atoms with E-state index in [0.717, 1.165) is 12.8 Å². The van der Waals surface area contributed by atoms with Crippen molar-refractivity contribution in [3.63, 3.8) is 0 Å². The summed E-state index contributed by atoms with van der Waals surface area (Å²) in [5, 5.41) is 8.95. The van der Waals surface area contributed by atoms with E-state index in [1.807, 2.05) is 0 Å². The summed E-state index contributed by atoms with van der Waals surface area (Å²) in [5.74, 6) is 0. The first-order valence-corrected chi connectivity index (χ1v) is 3.49. The second-order valence-electron chi connectivity index (χ2n) is 3.42. The van der Waals surface area contributed by atoms with Crippen LogP contribution in [0.1, 0.15) is 32.1 Å². The van der Waals surface area contributed by atoms with Gasteiger partial charge in [0.15, 0.2) is 0 Å². The number of rotatable bonds is 0. The van der Waals surface area contributed by atoms with Gasteiger partial charge in [0.05, 0.1) is 6.10 Å². The summed E-state index contributed by atoms with van der Waals surface area (Å²) >= 11 is 0. The lowest BCUT2D eigenvalue weighted by Gasteiger charge is -2.52. The molecule has 2 heteroatoms. The maximum Gasteiger partial charge on any atom is 0.0550 e. The summed E-state index contributed by atoms with van der Waals surface area (Å²) in [6.45, 7) is 0. The van der Waals surface area contributed by atoms with E-state index in [1.165, 1.54) is 19.3 Å². The third-order valence-corrected chi connectivity index (χ3v) is 2.75. The van der Waals surface area contributed by atoms with Gasteiger partial charge in [-0.3, -0.25) is 0 Å². The van der Waals surface area contributed by atoms with Crippen LogP contribution in [0.5, 0.6) is 0 Å². The van der Waals surface area contributed by atoms with Crippen LogP contribution >= 0.6 is 0 Å². The molecule has 0 bridgehead atoms. The van der Waals surface area contributed by atoms with Crippen molar-refractivity contribution in [2.75, 3.05) is 0 Å². The third kappa shape index (κ3) is 0.864. The summed E-state index contributed by atoms with van der Waals surface area (Å²) in [6.07, 6.45) is 6.47. The van der Waals surface area contributed by atoms with Gasteiger partial charge >= 0.3 is 0 Å². The van der Waals surface area contributed by atoms with Crippen molar-refractivity contribution in [2.24, 2.45) is 5.41 Å². The monoisotopic (exact) mass is 129 g/mol. The molecule has 4 N–H and O–H groups in total. The Morgan fingerprint density at radius 3 is 1.89 bits per heavy atom. The van der Waals surface area contributed by atoms with Crippen LogP contribution in [0.3, 0.4) is 0 Å². The highest BCUT2D eigenvalue weighted by molar-refractivity contribution is 4.98. The van der Waals surface area contributed by atoms with Gasteiger partial charge < -0.3 is 11.3 Å². The number of hydrogen-bond acceptors (Lipinski definition) is 2. The largest absolute Gasteiger partial charge is 0.393 e. The van der Waals surface area contributed by atoms with Crippen molar-refractivity contribution < 1.29 is 5.11 Å². The minimum absolute atomic E-state index is 0. The fourth-order valence-electron chi connectivity index (χ4n) is 2.02. The predicted octanol–water partition coefficient (Wildman–Crippen LogP) is 1.47.